The number of nitrogens with one attached hydrogen (secondary N) is 4. The molecule has 1 fully saturated rings. The monoisotopic (exact) mass is 607 g/mol. The average Bonchev–Trinajstić information content (AvgIpc) is 3.44. The van der Waals surface area contributed by atoms with Gasteiger partial charge in [0.15, 0.2) is 5.13 Å². The lowest BCUT2D eigenvalue weighted by atomic mass is 9.74. The molecule has 3 amide bonds. The molecule has 232 valence electrons. The van der Waals surface area contributed by atoms with Crippen LogP contribution in [0.25, 0.3) is 0 Å². The summed E-state index contributed by atoms with van der Waals surface area (Å²) in [7, 11) is 1.60. The molecule has 1 aliphatic heterocycles. The van der Waals surface area contributed by atoms with Gasteiger partial charge in [-0.3, -0.25) is 10.1 Å². The van der Waals surface area contributed by atoms with E-state index in [2.05, 4.69) is 52.2 Å². The van der Waals surface area contributed by atoms with Gasteiger partial charge in [-0.15, -0.1) is 0 Å². The highest BCUT2D eigenvalue weighted by Crippen LogP contribution is 2.37. The first kappa shape index (κ1) is 32.4. The Morgan fingerprint density at radius 2 is 1.77 bits per heavy atom. The Bertz CT molecular complexity index is 1330. The second-order valence-electron chi connectivity index (χ2n) is 11.4. The minimum Gasteiger partial charge on any atom is -0.445 e. The highest BCUT2D eigenvalue weighted by Gasteiger charge is 2.27. The number of amides is 3. The van der Waals surface area contributed by atoms with Gasteiger partial charge in [0, 0.05) is 30.0 Å². The van der Waals surface area contributed by atoms with Gasteiger partial charge >= 0.3 is 6.03 Å². The summed E-state index contributed by atoms with van der Waals surface area (Å²) in [4.78, 5) is 29.8. The van der Waals surface area contributed by atoms with Gasteiger partial charge in [0.2, 0.25) is 5.06 Å². The van der Waals surface area contributed by atoms with Crippen molar-refractivity contribution in [2.24, 2.45) is 11.8 Å². The Morgan fingerprint density at radius 1 is 1.05 bits per heavy atom. The van der Waals surface area contributed by atoms with Crippen LogP contribution in [0.5, 0.6) is 10.8 Å². The minimum atomic E-state index is -0.246. The standard InChI is InChI=1S/C33H45N5O4S/c1-6-26(7-2)36-32(40)37-27-12-13-28(25(18-27)20-41-5)42-29-19-35-33(43-29)38-31(39)24-10-8-22(9-11-24)30(21(3)4)23-14-16-34-17-15-23/h8-13,18-19,21,23,26,30,34H,6-7,14-17,20H2,1-5H3,(H,35,38,39)(H2,36,37,40). The molecule has 0 bridgehead atoms. The maximum atomic E-state index is 13.0. The summed E-state index contributed by atoms with van der Waals surface area (Å²) in [5, 5.41) is 13.2. The number of hydrogen-bond acceptors (Lipinski definition) is 7. The molecule has 0 spiro atoms. The fourth-order valence-electron chi connectivity index (χ4n) is 5.77. The van der Waals surface area contributed by atoms with Crippen molar-refractivity contribution in [3.63, 3.8) is 0 Å². The number of aromatic nitrogens is 1. The average molecular weight is 608 g/mol. The van der Waals surface area contributed by atoms with E-state index in [1.807, 2.05) is 32.0 Å². The smallest absolute Gasteiger partial charge is 0.319 e. The first-order chi connectivity index (χ1) is 20.8. The SMILES string of the molecule is CCC(CC)NC(=O)Nc1ccc(Oc2cnc(NC(=O)c3ccc(C(C(C)C)C4CCNCC4)cc3)s2)c(COC)c1. The maximum absolute atomic E-state index is 13.0. The van der Waals surface area contributed by atoms with E-state index in [9.17, 15) is 9.59 Å². The lowest BCUT2D eigenvalue weighted by molar-refractivity contribution is 0.102. The van der Waals surface area contributed by atoms with Crippen molar-refractivity contribution in [2.75, 3.05) is 30.8 Å². The Labute approximate surface area is 259 Å². The Balaban J connectivity index is 1.38. The Hall–Kier alpha value is -3.47. The summed E-state index contributed by atoms with van der Waals surface area (Å²) in [6.07, 6.45) is 5.69. The highest BCUT2D eigenvalue weighted by molar-refractivity contribution is 7.17. The van der Waals surface area contributed by atoms with Crippen molar-refractivity contribution >= 4 is 34.1 Å². The molecule has 10 heteroatoms. The second kappa shape index (κ2) is 15.8. The number of thiazole rings is 1. The zero-order chi connectivity index (χ0) is 30.8. The zero-order valence-corrected chi connectivity index (χ0v) is 26.7. The third-order valence-electron chi connectivity index (χ3n) is 8.02. The number of carbonyl (C=O) groups is 2. The number of carbonyl (C=O) groups excluding carboxylic acids is 2. The van der Waals surface area contributed by atoms with Crippen LogP contribution in [0.4, 0.5) is 15.6 Å². The first-order valence-corrected chi connectivity index (χ1v) is 16.1. The van der Waals surface area contributed by atoms with E-state index in [1.54, 1.807) is 25.4 Å². The number of ether oxygens (including phenoxy) is 2. The van der Waals surface area contributed by atoms with Crippen molar-refractivity contribution in [3.05, 3.63) is 65.4 Å². The molecule has 0 saturated carbocycles. The van der Waals surface area contributed by atoms with Crippen LogP contribution in [-0.2, 0) is 11.3 Å². The Kier molecular flexibility index (Phi) is 12.0. The van der Waals surface area contributed by atoms with Crippen LogP contribution in [0.3, 0.4) is 0 Å². The van der Waals surface area contributed by atoms with E-state index in [1.165, 1.54) is 29.7 Å². The topological polar surface area (TPSA) is 114 Å². The molecule has 4 rings (SSSR count). The van der Waals surface area contributed by atoms with Crippen LogP contribution in [0.1, 0.15) is 80.8 Å². The normalized spacial score (nSPS) is 14.5. The number of benzene rings is 2. The van der Waals surface area contributed by atoms with Gasteiger partial charge in [0.05, 0.1) is 12.8 Å². The molecule has 43 heavy (non-hydrogen) atoms. The maximum Gasteiger partial charge on any atom is 0.319 e. The largest absolute Gasteiger partial charge is 0.445 e. The van der Waals surface area contributed by atoms with Crippen LogP contribution in [0.15, 0.2) is 48.7 Å². The van der Waals surface area contributed by atoms with Crippen molar-refractivity contribution < 1.29 is 19.1 Å². The van der Waals surface area contributed by atoms with E-state index in [0.29, 0.717) is 51.6 Å². The molecule has 0 aliphatic carbocycles. The summed E-state index contributed by atoms with van der Waals surface area (Å²) >= 11 is 1.24. The van der Waals surface area contributed by atoms with Gasteiger partial charge in [-0.2, -0.15) is 0 Å². The van der Waals surface area contributed by atoms with Gasteiger partial charge < -0.3 is 25.4 Å². The number of piperidine rings is 1. The zero-order valence-electron chi connectivity index (χ0n) is 25.9. The minimum absolute atomic E-state index is 0.128. The van der Waals surface area contributed by atoms with E-state index >= 15 is 0 Å². The van der Waals surface area contributed by atoms with E-state index in [0.717, 1.165) is 31.5 Å². The highest BCUT2D eigenvalue weighted by atomic mass is 32.1. The molecule has 1 saturated heterocycles. The fraction of sp³-hybridized carbons (Fsp3) is 0.485. The molecule has 3 aromatic rings. The summed E-state index contributed by atoms with van der Waals surface area (Å²) in [5.74, 6) is 2.05. The van der Waals surface area contributed by atoms with Crippen molar-refractivity contribution in [2.45, 2.75) is 71.9 Å². The van der Waals surface area contributed by atoms with Crippen LogP contribution in [0, 0.1) is 11.8 Å². The van der Waals surface area contributed by atoms with Gasteiger partial charge in [0.1, 0.15) is 5.75 Å². The van der Waals surface area contributed by atoms with E-state index in [-0.39, 0.29) is 18.0 Å². The first-order valence-electron chi connectivity index (χ1n) is 15.3. The molecule has 1 atom stereocenters. The molecule has 1 aromatic heterocycles. The molecule has 0 radical (unpaired) electrons. The van der Waals surface area contributed by atoms with Crippen LogP contribution >= 0.6 is 11.3 Å². The van der Waals surface area contributed by atoms with Gasteiger partial charge in [-0.25, -0.2) is 9.78 Å². The summed E-state index contributed by atoms with van der Waals surface area (Å²) < 4.78 is 11.5. The summed E-state index contributed by atoms with van der Waals surface area (Å²) in [6.45, 7) is 11.1. The number of rotatable bonds is 13. The molecule has 9 nitrogen and oxygen atoms in total. The third kappa shape index (κ3) is 9.01. The molecule has 2 heterocycles. The lowest BCUT2D eigenvalue weighted by Crippen LogP contribution is -2.37. The molecule has 4 N–H and O–H groups in total. The third-order valence-corrected chi connectivity index (χ3v) is 8.81. The number of hydrogen-bond donors (Lipinski definition) is 4. The quantitative estimate of drug-likeness (QED) is 0.161. The van der Waals surface area contributed by atoms with Crippen LogP contribution in [-0.4, -0.2) is 43.2 Å². The predicted molar refractivity (Wildman–Crippen MR) is 173 cm³/mol. The number of nitrogens with zero attached hydrogens (tertiary/aromatic N) is 1. The summed E-state index contributed by atoms with van der Waals surface area (Å²) in [5.41, 5.74) is 3.30. The molecular weight excluding hydrogens is 562 g/mol. The lowest BCUT2D eigenvalue weighted by Gasteiger charge is -2.34. The molecule has 1 aliphatic rings. The molecule has 2 aromatic carbocycles. The van der Waals surface area contributed by atoms with Crippen LogP contribution < -0.4 is 26.0 Å². The van der Waals surface area contributed by atoms with Crippen molar-refractivity contribution in [3.8, 4) is 10.8 Å². The van der Waals surface area contributed by atoms with Gasteiger partial charge in [0.25, 0.3) is 5.91 Å². The van der Waals surface area contributed by atoms with Gasteiger partial charge in [-0.05, 0) is 92.4 Å². The number of anilines is 2. The van der Waals surface area contributed by atoms with E-state index < -0.39 is 0 Å². The van der Waals surface area contributed by atoms with Gasteiger partial charge in [-0.1, -0.05) is 51.2 Å². The van der Waals surface area contributed by atoms with Crippen molar-refractivity contribution in [1.82, 2.24) is 15.6 Å². The second-order valence-corrected chi connectivity index (χ2v) is 12.4. The predicted octanol–water partition coefficient (Wildman–Crippen LogP) is 7.38. The summed E-state index contributed by atoms with van der Waals surface area (Å²) in [6, 6.07) is 13.3. The molecular formula is C33H45N5O4S. The van der Waals surface area contributed by atoms with Crippen LogP contribution in [0.2, 0.25) is 0 Å². The van der Waals surface area contributed by atoms with E-state index in [4.69, 9.17) is 9.47 Å². The fourth-order valence-corrected chi connectivity index (χ4v) is 6.45. The van der Waals surface area contributed by atoms with Crippen molar-refractivity contribution in [1.29, 1.82) is 0 Å². The Morgan fingerprint density at radius 3 is 2.42 bits per heavy atom. The number of urea groups is 1. The molecule has 1 unspecified atom stereocenters. The number of methoxy groups -OCH3 is 1.